The van der Waals surface area contributed by atoms with E-state index in [9.17, 15) is 13.2 Å². The first-order valence-electron chi connectivity index (χ1n) is 9.71. The van der Waals surface area contributed by atoms with Crippen LogP contribution in [0.25, 0.3) is 16.9 Å². The third-order valence-corrected chi connectivity index (χ3v) is 6.48. The first-order chi connectivity index (χ1) is 14.9. The van der Waals surface area contributed by atoms with Crippen molar-refractivity contribution in [1.29, 1.82) is 0 Å². The number of nitrogens with one attached hydrogen (secondary N) is 1. The van der Waals surface area contributed by atoms with E-state index in [2.05, 4.69) is 15.3 Å². The van der Waals surface area contributed by atoms with Gasteiger partial charge in [0, 0.05) is 12.1 Å². The van der Waals surface area contributed by atoms with E-state index in [0.29, 0.717) is 35.7 Å². The van der Waals surface area contributed by atoms with Crippen LogP contribution in [0.4, 0.5) is 11.4 Å². The lowest BCUT2D eigenvalue weighted by molar-refractivity contribution is 0.102. The van der Waals surface area contributed by atoms with Gasteiger partial charge >= 0.3 is 0 Å². The third-order valence-electron chi connectivity index (χ3n) is 5.30. The van der Waals surface area contributed by atoms with Gasteiger partial charge in [-0.2, -0.15) is 0 Å². The van der Waals surface area contributed by atoms with Crippen LogP contribution in [-0.2, 0) is 16.4 Å². The predicted molar refractivity (Wildman–Crippen MR) is 119 cm³/mol. The Balaban J connectivity index is 1.34. The second-order valence-corrected chi connectivity index (χ2v) is 9.30. The number of nitrogens with zero attached hydrogens (tertiary/aromatic N) is 4. The number of carbonyl (C=O) groups is 1. The van der Waals surface area contributed by atoms with Crippen molar-refractivity contribution < 1.29 is 13.2 Å². The van der Waals surface area contributed by atoms with Gasteiger partial charge in [-0.3, -0.25) is 13.7 Å². The average Bonchev–Trinajstić information content (AvgIpc) is 3.38. The zero-order valence-electron chi connectivity index (χ0n) is 16.7. The van der Waals surface area contributed by atoms with Crippen molar-refractivity contribution in [3.8, 4) is 5.82 Å². The SMILES string of the molecule is CS(=O)(=O)N1CCc2cc(C(=O)Nc3ccc(-n4cnc5ccccc54)nc3)ccc21. The number of sulfonamides is 1. The van der Waals surface area contributed by atoms with E-state index in [1.165, 1.54) is 10.6 Å². The fourth-order valence-corrected chi connectivity index (χ4v) is 4.76. The number of carbonyl (C=O) groups excluding carboxylic acids is 1. The molecule has 4 aromatic rings. The Hall–Kier alpha value is -3.72. The van der Waals surface area contributed by atoms with Crippen molar-refractivity contribution in [2.24, 2.45) is 0 Å². The molecule has 8 nitrogen and oxygen atoms in total. The molecule has 0 atom stereocenters. The molecule has 0 fully saturated rings. The largest absolute Gasteiger partial charge is 0.321 e. The molecule has 156 valence electrons. The van der Waals surface area contributed by atoms with E-state index in [0.717, 1.165) is 16.6 Å². The Morgan fingerprint density at radius 1 is 1.06 bits per heavy atom. The highest BCUT2D eigenvalue weighted by atomic mass is 32.2. The van der Waals surface area contributed by atoms with E-state index >= 15 is 0 Å². The summed E-state index contributed by atoms with van der Waals surface area (Å²) in [4.78, 5) is 21.5. The molecule has 0 bridgehead atoms. The molecule has 5 rings (SSSR count). The maximum atomic E-state index is 12.7. The van der Waals surface area contributed by atoms with Gasteiger partial charge in [0.2, 0.25) is 10.0 Å². The summed E-state index contributed by atoms with van der Waals surface area (Å²) in [6.45, 7) is 0.396. The molecular formula is C22H19N5O3S. The summed E-state index contributed by atoms with van der Waals surface area (Å²) in [6.07, 6.45) is 5.08. The molecule has 0 unspecified atom stereocenters. The Bertz CT molecular complexity index is 1410. The van der Waals surface area contributed by atoms with Crippen LogP contribution in [0.15, 0.2) is 67.1 Å². The Morgan fingerprint density at radius 3 is 2.68 bits per heavy atom. The molecule has 2 aromatic carbocycles. The number of benzene rings is 2. The van der Waals surface area contributed by atoms with Crippen LogP contribution in [0, 0.1) is 0 Å². The number of imidazole rings is 1. The molecule has 1 N–H and O–H groups in total. The highest BCUT2D eigenvalue weighted by Gasteiger charge is 2.26. The molecule has 0 radical (unpaired) electrons. The highest BCUT2D eigenvalue weighted by Crippen LogP contribution is 2.31. The molecule has 0 saturated carbocycles. The number of hydrogen-bond acceptors (Lipinski definition) is 5. The molecule has 9 heteroatoms. The Morgan fingerprint density at radius 2 is 1.90 bits per heavy atom. The predicted octanol–water partition coefficient (Wildman–Crippen LogP) is 2.99. The minimum absolute atomic E-state index is 0.275. The molecule has 2 aromatic heterocycles. The summed E-state index contributed by atoms with van der Waals surface area (Å²) in [6, 6.07) is 16.5. The first-order valence-corrected chi connectivity index (χ1v) is 11.6. The number of hydrogen-bond donors (Lipinski definition) is 1. The summed E-state index contributed by atoms with van der Waals surface area (Å²) < 4.78 is 27.0. The van der Waals surface area contributed by atoms with Gasteiger partial charge in [-0.05, 0) is 54.4 Å². The van der Waals surface area contributed by atoms with Gasteiger partial charge in [0.25, 0.3) is 5.91 Å². The van der Waals surface area contributed by atoms with Crippen LogP contribution < -0.4 is 9.62 Å². The summed E-state index contributed by atoms with van der Waals surface area (Å²) in [5, 5.41) is 2.84. The van der Waals surface area contributed by atoms with Crippen LogP contribution in [0.2, 0.25) is 0 Å². The minimum atomic E-state index is -3.32. The van der Waals surface area contributed by atoms with Gasteiger partial charge in [0.1, 0.15) is 12.1 Å². The molecule has 1 aliphatic rings. The summed E-state index contributed by atoms with van der Waals surface area (Å²) in [5.41, 5.74) is 4.35. The summed E-state index contributed by atoms with van der Waals surface area (Å²) >= 11 is 0. The standard InChI is InChI=1S/C22H19N5O3S/c1-31(29,30)27-11-10-15-12-16(6-8-19(15)27)22(28)25-17-7-9-21(23-13-17)26-14-24-18-4-2-3-5-20(18)26/h2-9,12-14H,10-11H2,1H3,(H,25,28). The maximum Gasteiger partial charge on any atom is 0.255 e. The number of pyridine rings is 1. The van der Waals surface area contributed by atoms with Gasteiger partial charge in [-0.15, -0.1) is 0 Å². The number of aromatic nitrogens is 3. The highest BCUT2D eigenvalue weighted by molar-refractivity contribution is 7.92. The van der Waals surface area contributed by atoms with Crippen LogP contribution in [-0.4, -0.2) is 41.7 Å². The normalized spacial score (nSPS) is 13.4. The number of fused-ring (bicyclic) bond motifs is 2. The molecule has 1 amide bonds. The minimum Gasteiger partial charge on any atom is -0.321 e. The molecule has 0 spiro atoms. The van der Waals surface area contributed by atoms with Crippen LogP contribution in [0.1, 0.15) is 15.9 Å². The van der Waals surface area contributed by atoms with Gasteiger partial charge in [-0.1, -0.05) is 12.1 Å². The zero-order chi connectivity index (χ0) is 21.6. The van der Waals surface area contributed by atoms with Gasteiger partial charge in [-0.25, -0.2) is 18.4 Å². The molecule has 1 aliphatic heterocycles. The summed E-state index contributed by atoms with van der Waals surface area (Å²) in [5.74, 6) is 0.424. The van der Waals surface area contributed by atoms with Crippen LogP contribution in [0.3, 0.4) is 0 Å². The lowest BCUT2D eigenvalue weighted by Crippen LogP contribution is -2.27. The molecule has 0 saturated heterocycles. The lowest BCUT2D eigenvalue weighted by atomic mass is 10.1. The smallest absolute Gasteiger partial charge is 0.255 e. The topological polar surface area (TPSA) is 97.2 Å². The van der Waals surface area contributed by atoms with Crippen molar-refractivity contribution in [1.82, 2.24) is 14.5 Å². The Labute approximate surface area is 179 Å². The van der Waals surface area contributed by atoms with Gasteiger partial charge in [0.15, 0.2) is 0 Å². The van der Waals surface area contributed by atoms with Gasteiger partial charge in [0.05, 0.1) is 34.9 Å². The quantitative estimate of drug-likeness (QED) is 0.534. The van der Waals surface area contributed by atoms with Crippen LogP contribution in [0.5, 0.6) is 0 Å². The lowest BCUT2D eigenvalue weighted by Gasteiger charge is -2.16. The van der Waals surface area contributed by atoms with Crippen molar-refractivity contribution >= 4 is 38.3 Å². The van der Waals surface area contributed by atoms with E-state index in [4.69, 9.17) is 0 Å². The molecule has 31 heavy (non-hydrogen) atoms. The third kappa shape index (κ3) is 3.53. The van der Waals surface area contributed by atoms with Crippen molar-refractivity contribution in [2.75, 3.05) is 22.4 Å². The molecular weight excluding hydrogens is 414 g/mol. The summed E-state index contributed by atoms with van der Waals surface area (Å²) in [7, 11) is -3.32. The fraction of sp³-hybridized carbons (Fsp3) is 0.136. The number of amides is 1. The van der Waals surface area contributed by atoms with E-state index < -0.39 is 10.0 Å². The van der Waals surface area contributed by atoms with Crippen LogP contribution >= 0.6 is 0 Å². The molecule has 0 aliphatic carbocycles. The average molecular weight is 433 g/mol. The monoisotopic (exact) mass is 433 g/mol. The van der Waals surface area contributed by atoms with Crippen molar-refractivity contribution in [3.05, 3.63) is 78.2 Å². The Kier molecular flexibility index (Phi) is 4.48. The number of para-hydroxylation sites is 2. The zero-order valence-corrected chi connectivity index (χ0v) is 17.5. The fourth-order valence-electron chi connectivity index (χ4n) is 3.80. The van der Waals surface area contributed by atoms with E-state index in [1.54, 1.807) is 36.8 Å². The second kappa shape index (κ2) is 7.21. The number of rotatable bonds is 4. The number of anilines is 2. The van der Waals surface area contributed by atoms with E-state index in [-0.39, 0.29) is 5.91 Å². The van der Waals surface area contributed by atoms with Gasteiger partial charge < -0.3 is 5.32 Å². The van der Waals surface area contributed by atoms with E-state index in [1.807, 2.05) is 34.9 Å². The first kappa shape index (κ1) is 19.3. The van der Waals surface area contributed by atoms with Crippen molar-refractivity contribution in [3.63, 3.8) is 0 Å². The van der Waals surface area contributed by atoms with Crippen molar-refractivity contribution in [2.45, 2.75) is 6.42 Å². The maximum absolute atomic E-state index is 12.7. The second-order valence-electron chi connectivity index (χ2n) is 7.39. The molecule has 3 heterocycles.